The minimum atomic E-state index is -1.07. The average Bonchev–Trinajstić information content (AvgIpc) is 2.43. The van der Waals surface area contributed by atoms with Gasteiger partial charge in [0, 0.05) is 5.69 Å². The number of benzene rings is 1. The van der Waals surface area contributed by atoms with Crippen molar-refractivity contribution in [2.45, 2.75) is 26.3 Å². The molecule has 0 radical (unpaired) electrons. The second kappa shape index (κ2) is 7.14. The van der Waals surface area contributed by atoms with Gasteiger partial charge in [-0.2, -0.15) is 5.26 Å². The number of rotatable bonds is 5. The fourth-order valence-electron chi connectivity index (χ4n) is 1.66. The first-order chi connectivity index (χ1) is 9.47. The summed E-state index contributed by atoms with van der Waals surface area (Å²) in [6, 6.07) is 6.80. The van der Waals surface area contributed by atoms with Crippen LogP contribution in [0.1, 0.15) is 25.8 Å². The third-order valence-corrected chi connectivity index (χ3v) is 3.02. The number of nitrogens with zero attached hydrogens (tertiary/aromatic N) is 1. The molecule has 0 fully saturated rings. The summed E-state index contributed by atoms with van der Waals surface area (Å²) in [5, 5.41) is 22.8. The fourth-order valence-corrected chi connectivity index (χ4v) is 1.66. The van der Waals surface area contributed by atoms with Gasteiger partial charge in [-0.25, -0.2) is 9.59 Å². The van der Waals surface area contributed by atoms with E-state index in [1.807, 2.05) is 13.0 Å². The summed E-state index contributed by atoms with van der Waals surface area (Å²) in [4.78, 5) is 22.9. The van der Waals surface area contributed by atoms with E-state index in [1.165, 1.54) is 6.07 Å². The number of amides is 2. The van der Waals surface area contributed by atoms with Crippen molar-refractivity contribution in [2.75, 3.05) is 5.32 Å². The van der Waals surface area contributed by atoms with Crippen molar-refractivity contribution in [1.82, 2.24) is 5.32 Å². The van der Waals surface area contributed by atoms with Gasteiger partial charge in [0.2, 0.25) is 0 Å². The van der Waals surface area contributed by atoms with E-state index in [2.05, 4.69) is 10.6 Å². The molecule has 0 heterocycles. The minimum absolute atomic E-state index is 0.177. The van der Waals surface area contributed by atoms with E-state index in [0.717, 1.165) is 0 Å². The molecule has 6 heteroatoms. The van der Waals surface area contributed by atoms with Crippen LogP contribution in [0, 0.1) is 17.2 Å². The van der Waals surface area contributed by atoms with Gasteiger partial charge in [0.15, 0.2) is 0 Å². The molecule has 0 saturated heterocycles. The van der Waals surface area contributed by atoms with Crippen LogP contribution >= 0.6 is 0 Å². The summed E-state index contributed by atoms with van der Waals surface area (Å²) in [6.45, 7) is 3.62. The first-order valence-electron chi connectivity index (χ1n) is 6.28. The third-order valence-electron chi connectivity index (χ3n) is 3.02. The molecule has 0 aromatic heterocycles. The number of carboxylic acids is 1. The lowest BCUT2D eigenvalue weighted by Crippen LogP contribution is -2.46. The molecule has 106 valence electrons. The molecule has 0 saturated carbocycles. The highest BCUT2D eigenvalue weighted by Crippen LogP contribution is 2.11. The Morgan fingerprint density at radius 1 is 1.45 bits per heavy atom. The number of hydrogen-bond donors (Lipinski definition) is 3. The van der Waals surface area contributed by atoms with Crippen LogP contribution in [0.2, 0.25) is 0 Å². The van der Waals surface area contributed by atoms with Gasteiger partial charge in [-0.3, -0.25) is 0 Å². The van der Waals surface area contributed by atoms with Crippen LogP contribution in [0.4, 0.5) is 10.5 Å². The molecule has 2 atom stereocenters. The van der Waals surface area contributed by atoms with Gasteiger partial charge in [-0.05, 0) is 24.1 Å². The predicted molar refractivity (Wildman–Crippen MR) is 74.2 cm³/mol. The molecule has 1 rings (SSSR count). The Kier molecular flexibility index (Phi) is 5.54. The van der Waals surface area contributed by atoms with Gasteiger partial charge in [-0.1, -0.05) is 26.3 Å². The summed E-state index contributed by atoms with van der Waals surface area (Å²) < 4.78 is 0. The Balaban J connectivity index is 2.71. The largest absolute Gasteiger partial charge is 0.480 e. The predicted octanol–water partition coefficient (Wildman–Crippen LogP) is 2.18. The molecule has 1 aromatic carbocycles. The molecule has 0 aliphatic carbocycles. The normalized spacial score (nSPS) is 12.8. The zero-order chi connectivity index (χ0) is 15.1. The van der Waals surface area contributed by atoms with Crippen molar-refractivity contribution >= 4 is 17.7 Å². The van der Waals surface area contributed by atoms with Crippen molar-refractivity contribution in [1.29, 1.82) is 5.26 Å². The summed E-state index contributed by atoms with van der Waals surface area (Å²) in [6.07, 6.45) is 0.640. The molecule has 20 heavy (non-hydrogen) atoms. The molecule has 1 aromatic rings. The fraction of sp³-hybridized carbons (Fsp3) is 0.357. The number of carbonyl (C=O) groups is 2. The number of aliphatic carboxylic acids is 1. The Hall–Kier alpha value is -2.55. The first kappa shape index (κ1) is 15.5. The SMILES string of the molecule is CCC(C)[C@H](NC(=O)Nc1cccc(C#N)c1)C(=O)O. The van der Waals surface area contributed by atoms with Gasteiger partial charge < -0.3 is 15.7 Å². The van der Waals surface area contributed by atoms with Gasteiger partial charge in [0.1, 0.15) is 6.04 Å². The Bertz CT molecular complexity index is 537. The molecule has 1 unspecified atom stereocenters. The summed E-state index contributed by atoms with van der Waals surface area (Å²) in [7, 11) is 0. The van der Waals surface area contributed by atoms with E-state index in [1.54, 1.807) is 25.1 Å². The number of hydrogen-bond acceptors (Lipinski definition) is 3. The molecule has 3 N–H and O–H groups in total. The maximum atomic E-state index is 11.8. The van der Waals surface area contributed by atoms with E-state index >= 15 is 0 Å². The molecule has 0 aliphatic rings. The van der Waals surface area contributed by atoms with Crippen LogP contribution in [0.25, 0.3) is 0 Å². The maximum Gasteiger partial charge on any atom is 0.326 e. The molecule has 0 spiro atoms. The number of urea groups is 1. The Labute approximate surface area is 117 Å². The van der Waals surface area contributed by atoms with Crippen molar-refractivity contribution in [3.8, 4) is 6.07 Å². The number of carbonyl (C=O) groups excluding carboxylic acids is 1. The van der Waals surface area contributed by atoms with Crippen molar-refractivity contribution in [3.05, 3.63) is 29.8 Å². The van der Waals surface area contributed by atoms with Crippen LogP contribution in [0.15, 0.2) is 24.3 Å². The highest BCUT2D eigenvalue weighted by Gasteiger charge is 2.25. The highest BCUT2D eigenvalue weighted by molar-refractivity contribution is 5.92. The smallest absolute Gasteiger partial charge is 0.326 e. The van der Waals surface area contributed by atoms with E-state index in [-0.39, 0.29) is 5.92 Å². The molecular weight excluding hydrogens is 258 g/mol. The summed E-state index contributed by atoms with van der Waals surface area (Å²) in [5.74, 6) is -1.25. The van der Waals surface area contributed by atoms with E-state index in [4.69, 9.17) is 10.4 Å². The summed E-state index contributed by atoms with van der Waals surface area (Å²) >= 11 is 0. The average molecular weight is 275 g/mol. The second-order valence-electron chi connectivity index (χ2n) is 4.49. The number of carboxylic acid groups (broad SMARTS) is 1. The van der Waals surface area contributed by atoms with Gasteiger partial charge in [-0.15, -0.1) is 0 Å². The van der Waals surface area contributed by atoms with Crippen LogP contribution in [0.3, 0.4) is 0 Å². The zero-order valence-electron chi connectivity index (χ0n) is 11.4. The van der Waals surface area contributed by atoms with Crippen molar-refractivity contribution < 1.29 is 14.7 Å². The van der Waals surface area contributed by atoms with Crippen LogP contribution in [-0.4, -0.2) is 23.1 Å². The Morgan fingerprint density at radius 3 is 2.70 bits per heavy atom. The van der Waals surface area contributed by atoms with E-state index in [0.29, 0.717) is 17.7 Å². The lowest BCUT2D eigenvalue weighted by molar-refractivity contribution is -0.140. The first-order valence-corrected chi connectivity index (χ1v) is 6.28. The lowest BCUT2D eigenvalue weighted by atomic mass is 9.99. The van der Waals surface area contributed by atoms with Gasteiger partial charge >= 0.3 is 12.0 Å². The lowest BCUT2D eigenvalue weighted by Gasteiger charge is -2.20. The standard InChI is InChI=1S/C14H17N3O3/c1-3-9(2)12(13(18)19)17-14(20)16-11-6-4-5-10(7-11)8-15/h4-7,9,12H,3H2,1-2H3,(H,18,19)(H2,16,17,20)/t9?,12-/m0/s1. The minimum Gasteiger partial charge on any atom is -0.480 e. The van der Waals surface area contributed by atoms with E-state index < -0.39 is 18.0 Å². The third kappa shape index (κ3) is 4.28. The molecule has 2 amide bonds. The van der Waals surface area contributed by atoms with Crippen molar-refractivity contribution in [2.24, 2.45) is 5.92 Å². The Morgan fingerprint density at radius 2 is 2.15 bits per heavy atom. The van der Waals surface area contributed by atoms with Crippen molar-refractivity contribution in [3.63, 3.8) is 0 Å². The van der Waals surface area contributed by atoms with Crippen LogP contribution < -0.4 is 10.6 Å². The summed E-state index contributed by atoms with van der Waals surface area (Å²) in [5.41, 5.74) is 0.856. The monoisotopic (exact) mass is 275 g/mol. The van der Waals surface area contributed by atoms with E-state index in [9.17, 15) is 9.59 Å². The van der Waals surface area contributed by atoms with Gasteiger partial charge in [0.25, 0.3) is 0 Å². The zero-order valence-corrected chi connectivity index (χ0v) is 11.4. The second-order valence-corrected chi connectivity index (χ2v) is 4.49. The molecule has 6 nitrogen and oxygen atoms in total. The highest BCUT2D eigenvalue weighted by atomic mass is 16.4. The molecule has 0 bridgehead atoms. The van der Waals surface area contributed by atoms with Crippen LogP contribution in [-0.2, 0) is 4.79 Å². The molecule has 0 aliphatic heterocycles. The number of anilines is 1. The quantitative estimate of drug-likeness (QED) is 0.766. The van der Waals surface area contributed by atoms with Crippen LogP contribution in [0.5, 0.6) is 0 Å². The number of nitrogens with one attached hydrogen (secondary N) is 2. The molecular formula is C14H17N3O3. The topological polar surface area (TPSA) is 102 Å². The van der Waals surface area contributed by atoms with Gasteiger partial charge in [0.05, 0.1) is 11.6 Å². The number of nitriles is 1. The maximum absolute atomic E-state index is 11.8.